The van der Waals surface area contributed by atoms with E-state index in [1.54, 1.807) is 4.90 Å². The Balaban J connectivity index is 1.42. The number of hydrogen-bond acceptors (Lipinski definition) is 6. The van der Waals surface area contributed by atoms with E-state index in [2.05, 4.69) is 20.4 Å². The zero-order valence-electron chi connectivity index (χ0n) is 22.3. The van der Waals surface area contributed by atoms with Crippen LogP contribution in [0.15, 0.2) is 36.5 Å². The molecule has 0 saturated carbocycles. The number of carbonyl (C=O) groups excluding carboxylic acids is 3. The topological polar surface area (TPSA) is 132 Å². The summed E-state index contributed by atoms with van der Waals surface area (Å²) in [6.07, 6.45) is 2.13. The monoisotopic (exact) mass is 610 g/mol. The highest BCUT2D eigenvalue weighted by atomic mass is 35.5. The predicted molar refractivity (Wildman–Crippen MR) is 145 cm³/mol. The maximum absolute atomic E-state index is 14.6. The van der Waals surface area contributed by atoms with Crippen molar-refractivity contribution >= 4 is 35.0 Å². The third kappa shape index (κ3) is 6.65. The summed E-state index contributed by atoms with van der Waals surface area (Å²) in [5, 5.41) is 5.43. The van der Waals surface area contributed by atoms with Crippen LogP contribution in [-0.2, 0) is 11.8 Å². The van der Waals surface area contributed by atoms with Gasteiger partial charge in [-0.2, -0.15) is 13.2 Å². The number of ether oxygens (including phenoxy) is 1. The number of halogens is 5. The van der Waals surface area contributed by atoms with Crippen LogP contribution in [0.4, 0.5) is 23.2 Å². The molecule has 3 aromatic rings. The van der Waals surface area contributed by atoms with Crippen LogP contribution >= 0.6 is 11.6 Å². The zero-order valence-corrected chi connectivity index (χ0v) is 23.1. The van der Waals surface area contributed by atoms with E-state index in [0.29, 0.717) is 39.0 Å². The lowest BCUT2D eigenvalue weighted by Crippen LogP contribution is -2.43. The molecule has 4 N–H and O–H groups in total. The summed E-state index contributed by atoms with van der Waals surface area (Å²) in [7, 11) is 1.39. The Bertz CT molecular complexity index is 1490. The maximum Gasteiger partial charge on any atom is 0.387 e. The van der Waals surface area contributed by atoms with Gasteiger partial charge in [0.2, 0.25) is 11.7 Å². The lowest BCUT2D eigenvalue weighted by atomic mass is 9.95. The van der Waals surface area contributed by atoms with E-state index in [0.717, 1.165) is 18.3 Å². The van der Waals surface area contributed by atoms with Crippen molar-refractivity contribution in [1.29, 1.82) is 0 Å². The highest BCUT2D eigenvalue weighted by molar-refractivity contribution is 6.34. The molecule has 1 aromatic heterocycles. The fourth-order valence-electron chi connectivity index (χ4n) is 4.60. The van der Waals surface area contributed by atoms with Gasteiger partial charge in [0, 0.05) is 50.4 Å². The number of nitrogens with one attached hydrogen (secondary N) is 2. The number of amides is 3. The van der Waals surface area contributed by atoms with Gasteiger partial charge in [0.1, 0.15) is 0 Å². The number of benzene rings is 2. The first-order chi connectivity index (χ1) is 20.0. The van der Waals surface area contributed by atoms with Gasteiger partial charge < -0.3 is 30.6 Å². The van der Waals surface area contributed by atoms with Crippen molar-refractivity contribution in [3.63, 3.8) is 0 Å². The fraction of sp³-hybridized carbons (Fsp3) is 0.333. The molecule has 0 unspecified atom stereocenters. The molecule has 0 spiro atoms. The Kier molecular flexibility index (Phi) is 9.68. The first kappa shape index (κ1) is 30.8. The molecule has 2 aromatic carbocycles. The molecule has 0 atom stereocenters. The third-order valence-corrected chi connectivity index (χ3v) is 7.10. The maximum atomic E-state index is 14.6. The van der Waals surface area contributed by atoms with E-state index >= 15 is 0 Å². The summed E-state index contributed by atoms with van der Waals surface area (Å²) in [6.45, 7) is -1.84. The van der Waals surface area contributed by atoms with Crippen molar-refractivity contribution in [1.82, 2.24) is 19.8 Å². The van der Waals surface area contributed by atoms with Crippen LogP contribution in [0, 0.1) is 17.6 Å². The molecule has 1 aliphatic rings. The van der Waals surface area contributed by atoms with Crippen molar-refractivity contribution in [3.05, 3.63) is 64.6 Å². The molecule has 0 aliphatic carbocycles. The average molecular weight is 611 g/mol. The predicted octanol–water partition coefficient (Wildman–Crippen LogP) is 3.80. The van der Waals surface area contributed by atoms with Crippen molar-refractivity contribution < 1.29 is 36.7 Å². The van der Waals surface area contributed by atoms with Gasteiger partial charge in [-0.25, -0.2) is 9.37 Å². The third-order valence-electron chi connectivity index (χ3n) is 6.78. The van der Waals surface area contributed by atoms with E-state index in [-0.39, 0.29) is 51.1 Å². The van der Waals surface area contributed by atoms with E-state index < -0.39 is 29.9 Å². The quantitative estimate of drug-likeness (QED) is 0.316. The number of piperidine rings is 1. The summed E-state index contributed by atoms with van der Waals surface area (Å²) in [4.78, 5) is 43.7. The number of aromatic nitrogens is 2. The van der Waals surface area contributed by atoms with Crippen LogP contribution in [0.5, 0.6) is 5.75 Å². The van der Waals surface area contributed by atoms with E-state index in [1.165, 1.54) is 29.8 Å². The molecule has 1 fully saturated rings. The number of hydrogen-bond donors (Lipinski definition) is 3. The second kappa shape index (κ2) is 13.2. The highest BCUT2D eigenvalue weighted by Gasteiger charge is 2.29. The fourth-order valence-corrected chi connectivity index (χ4v) is 4.86. The number of imidazole rings is 1. The first-order valence-corrected chi connectivity index (χ1v) is 13.2. The minimum atomic E-state index is -3.34. The molecule has 15 heteroatoms. The minimum absolute atomic E-state index is 0.000226. The van der Waals surface area contributed by atoms with Crippen LogP contribution < -0.4 is 21.1 Å². The Hall–Kier alpha value is -4.17. The summed E-state index contributed by atoms with van der Waals surface area (Å²) in [5.74, 6) is -5.50. The summed E-state index contributed by atoms with van der Waals surface area (Å²) < 4.78 is 58.8. The van der Waals surface area contributed by atoms with Crippen LogP contribution in [0.2, 0.25) is 5.02 Å². The van der Waals surface area contributed by atoms with Gasteiger partial charge in [-0.1, -0.05) is 11.6 Å². The molecule has 0 bridgehead atoms. The smallest absolute Gasteiger partial charge is 0.387 e. The minimum Gasteiger partial charge on any atom is -0.432 e. The van der Waals surface area contributed by atoms with Gasteiger partial charge in [0.05, 0.1) is 22.5 Å². The molecule has 3 amide bonds. The molecule has 1 aliphatic heterocycles. The number of carbonyl (C=O) groups is 3. The van der Waals surface area contributed by atoms with Gasteiger partial charge >= 0.3 is 6.61 Å². The number of alkyl halides is 2. The number of nitrogens with zero attached hydrogens (tertiary/aromatic N) is 3. The number of anilines is 1. The molecular formula is C27H27ClF4N6O4. The van der Waals surface area contributed by atoms with Crippen molar-refractivity contribution in [2.75, 3.05) is 31.5 Å². The second-order valence-electron chi connectivity index (χ2n) is 9.44. The number of nitrogens with two attached hydrogens (primary N) is 1. The van der Waals surface area contributed by atoms with Crippen LogP contribution in [-0.4, -0.2) is 65.0 Å². The Morgan fingerprint density at radius 1 is 1.14 bits per heavy atom. The SMILES string of the molecule is Cn1c(-c2ccc(OC(F)F)c(F)c2F)cnc1C(=O)Nc1ccc(C(=O)N2CCC(C(=O)NCCN)CC2)c(Cl)c1. The van der Waals surface area contributed by atoms with Gasteiger partial charge in [0.15, 0.2) is 17.4 Å². The van der Waals surface area contributed by atoms with Gasteiger partial charge in [-0.05, 0) is 43.2 Å². The van der Waals surface area contributed by atoms with Crippen molar-refractivity contribution in [3.8, 4) is 17.0 Å². The number of rotatable bonds is 9. The van der Waals surface area contributed by atoms with Crippen molar-refractivity contribution in [2.45, 2.75) is 19.5 Å². The summed E-state index contributed by atoms with van der Waals surface area (Å²) in [6, 6.07) is 6.21. The second-order valence-corrected chi connectivity index (χ2v) is 9.85. The molecular weight excluding hydrogens is 584 g/mol. The molecule has 2 heterocycles. The van der Waals surface area contributed by atoms with Crippen LogP contribution in [0.3, 0.4) is 0 Å². The lowest BCUT2D eigenvalue weighted by Gasteiger charge is -2.31. The molecule has 4 rings (SSSR count). The van der Waals surface area contributed by atoms with E-state index in [1.807, 2.05) is 0 Å². The highest BCUT2D eigenvalue weighted by Crippen LogP contribution is 2.31. The van der Waals surface area contributed by atoms with Crippen molar-refractivity contribution in [2.24, 2.45) is 18.7 Å². The molecule has 10 nitrogen and oxygen atoms in total. The molecule has 1 saturated heterocycles. The summed E-state index contributed by atoms with van der Waals surface area (Å²) in [5.41, 5.74) is 5.55. The molecule has 42 heavy (non-hydrogen) atoms. The number of likely N-dealkylation sites (tertiary alicyclic amines) is 1. The molecule has 224 valence electrons. The molecule has 0 radical (unpaired) electrons. The Morgan fingerprint density at radius 3 is 2.50 bits per heavy atom. The standard InChI is InChI=1S/C27H27ClF4N6O4/c1-37-19(17-4-5-20(42-27(31)32)22(30)21(17)29)13-35-23(37)25(40)36-15-2-3-16(18(28)12-15)26(41)38-10-6-14(7-11-38)24(39)34-9-8-33/h2-5,12-14,27H,6-11,33H2,1H3,(H,34,39)(H,36,40). The van der Waals surface area contributed by atoms with E-state index in [4.69, 9.17) is 17.3 Å². The normalized spacial score (nSPS) is 13.8. The Labute approximate surface area is 242 Å². The van der Waals surface area contributed by atoms with Gasteiger partial charge in [-0.15, -0.1) is 0 Å². The van der Waals surface area contributed by atoms with Crippen LogP contribution in [0.1, 0.15) is 33.8 Å². The van der Waals surface area contributed by atoms with Crippen LogP contribution in [0.25, 0.3) is 11.3 Å². The van der Waals surface area contributed by atoms with Gasteiger partial charge in [-0.3, -0.25) is 14.4 Å². The average Bonchev–Trinajstić information content (AvgIpc) is 3.35. The lowest BCUT2D eigenvalue weighted by molar-refractivity contribution is -0.126. The first-order valence-electron chi connectivity index (χ1n) is 12.8. The largest absolute Gasteiger partial charge is 0.432 e. The Morgan fingerprint density at radius 2 is 1.86 bits per heavy atom. The summed E-state index contributed by atoms with van der Waals surface area (Å²) >= 11 is 6.37. The zero-order chi connectivity index (χ0) is 30.6. The van der Waals surface area contributed by atoms with Gasteiger partial charge in [0.25, 0.3) is 11.8 Å². The van der Waals surface area contributed by atoms with E-state index in [9.17, 15) is 31.9 Å².